The molecule has 1 aromatic heterocycles. The molecule has 2 aromatic rings. The zero-order valence-corrected chi connectivity index (χ0v) is 9.65. The van der Waals surface area contributed by atoms with Crippen LogP contribution in [0.1, 0.15) is 5.56 Å². The fourth-order valence-electron chi connectivity index (χ4n) is 1.66. The number of ether oxygens (including phenoxy) is 1. The molecule has 5 nitrogen and oxygen atoms in total. The number of aromatic nitrogens is 2. The monoisotopic (exact) mass is 231 g/mol. The third-order valence-electron chi connectivity index (χ3n) is 2.45. The van der Waals surface area contributed by atoms with Crippen LogP contribution in [0.25, 0.3) is 11.3 Å². The van der Waals surface area contributed by atoms with E-state index < -0.39 is 0 Å². The van der Waals surface area contributed by atoms with E-state index in [1.54, 1.807) is 7.11 Å². The summed E-state index contributed by atoms with van der Waals surface area (Å²) >= 11 is 0. The molecule has 0 radical (unpaired) electrons. The van der Waals surface area contributed by atoms with E-state index >= 15 is 0 Å². The van der Waals surface area contributed by atoms with Gasteiger partial charge in [-0.3, -0.25) is 9.78 Å². The third-order valence-corrected chi connectivity index (χ3v) is 2.45. The van der Waals surface area contributed by atoms with Crippen molar-refractivity contribution in [1.29, 1.82) is 0 Å². The first kappa shape index (κ1) is 11.2. The van der Waals surface area contributed by atoms with Crippen molar-refractivity contribution in [3.8, 4) is 17.0 Å². The molecule has 2 rings (SSSR count). The standard InChI is InChI=1S/C12H13N3O2/c1-7-5-8(3-4-10(7)17-2)9-6-11(16)15-12(13)14-9/h3-6H,1-2H3,(H3,13,14,15,16). The van der Waals surface area contributed by atoms with Gasteiger partial charge in [-0.25, -0.2) is 4.98 Å². The van der Waals surface area contributed by atoms with Gasteiger partial charge in [0.25, 0.3) is 5.56 Å². The number of aryl methyl sites for hydroxylation is 1. The molecule has 0 aliphatic carbocycles. The molecule has 5 heteroatoms. The first-order valence-corrected chi connectivity index (χ1v) is 5.12. The van der Waals surface area contributed by atoms with Crippen molar-refractivity contribution in [3.63, 3.8) is 0 Å². The number of hydrogen-bond acceptors (Lipinski definition) is 4. The molecule has 0 fully saturated rings. The topological polar surface area (TPSA) is 81.0 Å². The van der Waals surface area contributed by atoms with Gasteiger partial charge in [-0.05, 0) is 30.7 Å². The lowest BCUT2D eigenvalue weighted by atomic mass is 10.1. The maximum absolute atomic E-state index is 11.3. The van der Waals surface area contributed by atoms with E-state index in [1.165, 1.54) is 6.07 Å². The van der Waals surface area contributed by atoms with Crippen LogP contribution >= 0.6 is 0 Å². The van der Waals surface area contributed by atoms with Crippen LogP contribution in [0.2, 0.25) is 0 Å². The molecule has 1 heterocycles. The highest BCUT2D eigenvalue weighted by Crippen LogP contribution is 2.24. The summed E-state index contributed by atoms with van der Waals surface area (Å²) in [6, 6.07) is 6.99. The number of nitrogens with two attached hydrogens (primary N) is 1. The minimum absolute atomic E-state index is 0.112. The van der Waals surface area contributed by atoms with Gasteiger partial charge in [0.1, 0.15) is 5.75 Å². The maximum atomic E-state index is 11.3. The molecule has 17 heavy (non-hydrogen) atoms. The molecule has 0 atom stereocenters. The molecule has 0 aliphatic rings. The summed E-state index contributed by atoms with van der Waals surface area (Å²) in [5, 5.41) is 0. The van der Waals surface area contributed by atoms with Crippen LogP contribution in [0.15, 0.2) is 29.1 Å². The molecular weight excluding hydrogens is 218 g/mol. The zero-order chi connectivity index (χ0) is 12.4. The molecular formula is C12H13N3O2. The van der Waals surface area contributed by atoms with Crippen molar-refractivity contribution < 1.29 is 4.74 Å². The Hall–Kier alpha value is -2.30. The second-order valence-electron chi connectivity index (χ2n) is 3.70. The second kappa shape index (κ2) is 4.29. The Kier molecular flexibility index (Phi) is 2.82. The second-order valence-corrected chi connectivity index (χ2v) is 3.70. The number of nitrogen functional groups attached to an aromatic ring is 1. The van der Waals surface area contributed by atoms with E-state index in [1.807, 2.05) is 25.1 Å². The number of aromatic amines is 1. The van der Waals surface area contributed by atoms with Crippen LogP contribution in [-0.2, 0) is 0 Å². The van der Waals surface area contributed by atoms with Gasteiger partial charge in [0.15, 0.2) is 0 Å². The Balaban J connectivity index is 2.53. The lowest BCUT2D eigenvalue weighted by Crippen LogP contribution is -2.10. The number of anilines is 1. The fraction of sp³-hybridized carbons (Fsp3) is 0.167. The molecule has 0 aliphatic heterocycles. The number of benzene rings is 1. The number of rotatable bonds is 2. The Morgan fingerprint density at radius 1 is 1.35 bits per heavy atom. The highest BCUT2D eigenvalue weighted by molar-refractivity contribution is 5.62. The predicted octanol–water partition coefficient (Wildman–Crippen LogP) is 1.34. The number of H-pyrrole nitrogens is 1. The van der Waals surface area contributed by atoms with E-state index in [-0.39, 0.29) is 11.5 Å². The van der Waals surface area contributed by atoms with Gasteiger partial charge >= 0.3 is 0 Å². The summed E-state index contributed by atoms with van der Waals surface area (Å²) in [4.78, 5) is 17.8. The van der Waals surface area contributed by atoms with E-state index in [9.17, 15) is 4.79 Å². The summed E-state index contributed by atoms with van der Waals surface area (Å²) in [5.41, 5.74) is 7.60. The summed E-state index contributed by atoms with van der Waals surface area (Å²) in [6.07, 6.45) is 0. The molecule has 0 unspecified atom stereocenters. The molecule has 88 valence electrons. The Bertz CT molecular complexity index is 605. The van der Waals surface area contributed by atoms with Crippen molar-refractivity contribution in [1.82, 2.24) is 9.97 Å². The van der Waals surface area contributed by atoms with Crippen LogP contribution in [0, 0.1) is 6.92 Å². The van der Waals surface area contributed by atoms with Gasteiger partial charge in [0, 0.05) is 11.6 Å². The lowest BCUT2D eigenvalue weighted by molar-refractivity contribution is 0.412. The first-order valence-electron chi connectivity index (χ1n) is 5.12. The van der Waals surface area contributed by atoms with Gasteiger partial charge in [0.2, 0.25) is 5.95 Å². The van der Waals surface area contributed by atoms with Gasteiger partial charge in [-0.15, -0.1) is 0 Å². The van der Waals surface area contributed by atoms with Crippen molar-refractivity contribution in [2.24, 2.45) is 0 Å². The average Bonchev–Trinajstić information content (AvgIpc) is 2.27. The van der Waals surface area contributed by atoms with Gasteiger partial charge in [-0.2, -0.15) is 0 Å². The highest BCUT2D eigenvalue weighted by Gasteiger charge is 2.05. The molecule has 3 N–H and O–H groups in total. The first-order chi connectivity index (χ1) is 8.10. The average molecular weight is 231 g/mol. The fourth-order valence-corrected chi connectivity index (χ4v) is 1.66. The smallest absolute Gasteiger partial charge is 0.252 e. The van der Waals surface area contributed by atoms with E-state index in [0.717, 1.165) is 16.9 Å². The summed E-state index contributed by atoms with van der Waals surface area (Å²) in [5.74, 6) is 0.910. The zero-order valence-electron chi connectivity index (χ0n) is 9.65. The van der Waals surface area contributed by atoms with Crippen LogP contribution in [0.3, 0.4) is 0 Å². The van der Waals surface area contributed by atoms with Crippen LogP contribution in [0.4, 0.5) is 5.95 Å². The minimum atomic E-state index is -0.263. The summed E-state index contributed by atoms with van der Waals surface area (Å²) < 4.78 is 5.17. The minimum Gasteiger partial charge on any atom is -0.496 e. The quantitative estimate of drug-likeness (QED) is 0.817. The van der Waals surface area contributed by atoms with Gasteiger partial charge < -0.3 is 10.5 Å². The van der Waals surface area contributed by atoms with Crippen LogP contribution < -0.4 is 16.0 Å². The summed E-state index contributed by atoms with van der Waals surface area (Å²) in [6.45, 7) is 1.93. The maximum Gasteiger partial charge on any atom is 0.252 e. The van der Waals surface area contributed by atoms with Gasteiger partial charge in [-0.1, -0.05) is 0 Å². The number of hydrogen-bond donors (Lipinski definition) is 2. The predicted molar refractivity (Wildman–Crippen MR) is 66.0 cm³/mol. The van der Waals surface area contributed by atoms with Crippen LogP contribution in [0.5, 0.6) is 5.75 Å². The Labute approximate surface area is 98.3 Å². The number of nitrogens with zero attached hydrogens (tertiary/aromatic N) is 1. The largest absolute Gasteiger partial charge is 0.496 e. The normalized spacial score (nSPS) is 10.2. The van der Waals surface area contributed by atoms with E-state index in [4.69, 9.17) is 10.5 Å². The Morgan fingerprint density at radius 2 is 2.12 bits per heavy atom. The molecule has 1 aromatic carbocycles. The van der Waals surface area contributed by atoms with Crippen molar-refractivity contribution in [3.05, 3.63) is 40.2 Å². The SMILES string of the molecule is COc1ccc(-c2cc(=O)[nH]c(N)n2)cc1C. The molecule has 0 amide bonds. The lowest BCUT2D eigenvalue weighted by Gasteiger charge is -2.07. The number of methoxy groups -OCH3 is 1. The highest BCUT2D eigenvalue weighted by atomic mass is 16.5. The van der Waals surface area contributed by atoms with E-state index in [0.29, 0.717) is 5.69 Å². The third kappa shape index (κ3) is 2.28. The number of nitrogens with one attached hydrogen (secondary N) is 1. The Morgan fingerprint density at radius 3 is 2.71 bits per heavy atom. The molecule has 0 spiro atoms. The summed E-state index contributed by atoms with van der Waals surface area (Å²) in [7, 11) is 1.62. The molecule has 0 saturated carbocycles. The molecule has 0 saturated heterocycles. The van der Waals surface area contributed by atoms with Crippen molar-refractivity contribution in [2.45, 2.75) is 6.92 Å². The van der Waals surface area contributed by atoms with Crippen molar-refractivity contribution in [2.75, 3.05) is 12.8 Å². The van der Waals surface area contributed by atoms with Crippen molar-refractivity contribution >= 4 is 5.95 Å². The van der Waals surface area contributed by atoms with Crippen LogP contribution in [-0.4, -0.2) is 17.1 Å². The van der Waals surface area contributed by atoms with E-state index in [2.05, 4.69) is 9.97 Å². The molecule has 0 bridgehead atoms. The van der Waals surface area contributed by atoms with Gasteiger partial charge in [0.05, 0.1) is 12.8 Å².